The number of esters is 1. The summed E-state index contributed by atoms with van der Waals surface area (Å²) < 4.78 is 18.9. The van der Waals surface area contributed by atoms with Crippen LogP contribution in [-0.4, -0.2) is 43.3 Å². The normalized spacial score (nSPS) is 30.4. The number of carbonyl (C=O) groups is 1. The highest BCUT2D eigenvalue weighted by atomic mass is 125. The molecule has 23 heavy (non-hydrogen) atoms. The smallest absolute Gasteiger partial charge is 0.310 e. The molecule has 0 aromatic heterocycles. The van der Waals surface area contributed by atoms with Gasteiger partial charge >= 0.3 is 5.97 Å². The summed E-state index contributed by atoms with van der Waals surface area (Å²) >= 11 is 2.30. The second kappa shape index (κ2) is 7.47. The van der Waals surface area contributed by atoms with E-state index in [2.05, 4.69) is 51.8 Å². The number of methoxy groups -OCH3 is 1. The van der Waals surface area contributed by atoms with Crippen molar-refractivity contribution in [1.29, 1.82) is 0 Å². The molecule has 0 aliphatic carbocycles. The molecule has 2 fully saturated rings. The Kier molecular flexibility index (Phi) is 5.57. The summed E-state index contributed by atoms with van der Waals surface area (Å²) in [4.78, 5) is 14.9. The van der Waals surface area contributed by atoms with Crippen LogP contribution in [0, 0.1) is 9.49 Å². The van der Waals surface area contributed by atoms with Crippen molar-refractivity contribution in [2.75, 3.05) is 20.3 Å². The van der Waals surface area contributed by atoms with Gasteiger partial charge < -0.3 is 4.74 Å². The number of halogens is 2. The number of rotatable bonds is 5. The van der Waals surface area contributed by atoms with Crippen LogP contribution in [0.4, 0.5) is 4.39 Å². The Labute approximate surface area is 150 Å². The zero-order valence-electron chi connectivity index (χ0n) is 13.4. The maximum atomic E-state index is 12.6. The van der Waals surface area contributed by atoms with Gasteiger partial charge in [-0.05, 0) is 66.0 Å². The fourth-order valence-corrected chi connectivity index (χ4v) is 4.77. The Morgan fingerprint density at radius 1 is 1.35 bits per heavy atom. The number of piperidine rings is 1. The van der Waals surface area contributed by atoms with E-state index in [0.717, 1.165) is 25.8 Å². The molecule has 0 N–H and O–H groups in total. The van der Waals surface area contributed by atoms with Crippen LogP contribution < -0.4 is 0 Å². The van der Waals surface area contributed by atoms with E-state index in [0.29, 0.717) is 12.5 Å². The summed E-state index contributed by atoms with van der Waals surface area (Å²) in [5.41, 5.74) is 1.22. The van der Waals surface area contributed by atoms with Gasteiger partial charge in [0.15, 0.2) is 0 Å². The maximum Gasteiger partial charge on any atom is 0.310 e. The second-order valence-electron chi connectivity index (χ2n) is 6.52. The first kappa shape index (κ1) is 17.1. The molecule has 1 aromatic carbocycles. The monoisotopic (exact) mass is 429 g/mol. The number of alkyl halides is 1. The van der Waals surface area contributed by atoms with E-state index in [1.165, 1.54) is 16.2 Å². The van der Waals surface area contributed by atoms with Crippen LogP contribution in [0.1, 0.15) is 37.2 Å². The minimum Gasteiger partial charge on any atom is -0.469 e. The molecule has 3 rings (SSSR count). The Balaban J connectivity index is 1.88. The average molecular weight is 429 g/mol. The maximum absolute atomic E-state index is 12.6. The number of fused-ring (bicyclic) bond motifs is 2. The molecule has 1 aromatic rings. The van der Waals surface area contributed by atoms with Gasteiger partial charge in [0.1, 0.15) is 0 Å². The van der Waals surface area contributed by atoms with Crippen molar-refractivity contribution in [3.63, 3.8) is 0 Å². The molecule has 2 aliphatic rings. The van der Waals surface area contributed by atoms with Gasteiger partial charge in [-0.15, -0.1) is 0 Å². The van der Waals surface area contributed by atoms with E-state index >= 15 is 0 Å². The van der Waals surface area contributed by atoms with Crippen molar-refractivity contribution < 1.29 is 13.9 Å². The van der Waals surface area contributed by atoms with E-state index in [9.17, 15) is 9.18 Å². The first-order valence-corrected chi connectivity index (χ1v) is 9.38. The third-order valence-electron chi connectivity index (χ3n) is 5.39. The molecule has 3 nitrogen and oxygen atoms in total. The van der Waals surface area contributed by atoms with Crippen LogP contribution in [0.15, 0.2) is 24.3 Å². The molecular formula is C18H23FINO2. The third kappa shape index (κ3) is 3.40. The summed E-state index contributed by atoms with van der Waals surface area (Å²) in [5.74, 6) is -0.0545. The molecule has 2 bridgehead atoms. The van der Waals surface area contributed by atoms with Crippen LogP contribution in [0.3, 0.4) is 0 Å². The van der Waals surface area contributed by atoms with E-state index in [-0.39, 0.29) is 30.5 Å². The first-order chi connectivity index (χ1) is 11.2. The summed E-state index contributed by atoms with van der Waals surface area (Å²) in [6, 6.07) is 9.13. The zero-order valence-corrected chi connectivity index (χ0v) is 15.5. The molecular weight excluding hydrogens is 406 g/mol. The largest absolute Gasteiger partial charge is 0.469 e. The molecule has 2 heterocycles. The number of benzene rings is 1. The minimum atomic E-state index is -0.292. The van der Waals surface area contributed by atoms with E-state index in [4.69, 9.17) is 4.74 Å². The molecule has 5 heteroatoms. The number of ether oxygens (including phenoxy) is 1. The topological polar surface area (TPSA) is 29.5 Å². The molecule has 0 amide bonds. The Morgan fingerprint density at radius 2 is 2.09 bits per heavy atom. The molecule has 126 valence electrons. The first-order valence-electron chi connectivity index (χ1n) is 8.30. The molecule has 4 atom stereocenters. The van der Waals surface area contributed by atoms with E-state index in [1.54, 1.807) is 0 Å². The van der Waals surface area contributed by atoms with Gasteiger partial charge in [0.2, 0.25) is 0 Å². The van der Waals surface area contributed by atoms with Crippen molar-refractivity contribution in [2.24, 2.45) is 5.92 Å². The number of nitrogens with zero attached hydrogens (tertiary/aromatic N) is 1. The molecule has 2 saturated heterocycles. The second-order valence-corrected chi connectivity index (χ2v) is 7.77. The van der Waals surface area contributed by atoms with Crippen LogP contribution in [0.5, 0.6) is 0 Å². The molecule has 0 unspecified atom stereocenters. The highest BCUT2D eigenvalue weighted by Gasteiger charge is 2.50. The van der Waals surface area contributed by atoms with Gasteiger partial charge in [0.05, 0.1) is 19.7 Å². The van der Waals surface area contributed by atoms with Crippen molar-refractivity contribution in [3.8, 4) is 0 Å². The Hall–Kier alpha value is -0.690. The van der Waals surface area contributed by atoms with Gasteiger partial charge in [-0.1, -0.05) is 12.1 Å². The standard InChI is InChI=1S/C18H23FINO2/c1-23-18(22)17-15(12-3-5-13(20)6-4-12)11-14-7-8-16(17)21(14)10-2-9-19/h3-6,14-17H,2,7-11H2,1H3/t14-,15+,16+,17-/m0/s1/i20-2. The Morgan fingerprint density at radius 3 is 2.74 bits per heavy atom. The average Bonchev–Trinajstić information content (AvgIpc) is 2.84. The van der Waals surface area contributed by atoms with E-state index < -0.39 is 0 Å². The quantitative estimate of drug-likeness (QED) is 0.528. The van der Waals surface area contributed by atoms with Crippen LogP contribution in [0.25, 0.3) is 0 Å². The third-order valence-corrected chi connectivity index (χ3v) is 6.11. The zero-order chi connectivity index (χ0) is 16.4. The van der Waals surface area contributed by atoms with Crippen molar-refractivity contribution in [1.82, 2.24) is 4.90 Å². The fraction of sp³-hybridized carbons (Fsp3) is 0.611. The lowest BCUT2D eigenvalue weighted by Gasteiger charge is -2.43. The minimum absolute atomic E-state index is 0.121. The summed E-state index contributed by atoms with van der Waals surface area (Å²) in [6.45, 7) is 0.456. The van der Waals surface area contributed by atoms with Crippen LogP contribution >= 0.6 is 22.6 Å². The lowest BCUT2D eigenvalue weighted by molar-refractivity contribution is -0.150. The van der Waals surface area contributed by atoms with Gasteiger partial charge in [0.25, 0.3) is 0 Å². The highest BCUT2D eigenvalue weighted by Crippen LogP contribution is 2.47. The van der Waals surface area contributed by atoms with E-state index in [1.807, 2.05) is 0 Å². The van der Waals surface area contributed by atoms with Gasteiger partial charge in [-0.3, -0.25) is 14.1 Å². The van der Waals surface area contributed by atoms with Crippen molar-refractivity contribution >= 4 is 28.6 Å². The highest BCUT2D eigenvalue weighted by molar-refractivity contribution is 14.1. The molecule has 0 spiro atoms. The fourth-order valence-electron chi connectivity index (χ4n) is 4.41. The number of hydrogen-bond acceptors (Lipinski definition) is 3. The summed E-state index contributed by atoms with van der Waals surface area (Å²) in [6.07, 6.45) is 3.63. The lowest BCUT2D eigenvalue weighted by atomic mass is 9.76. The number of carbonyl (C=O) groups excluding carboxylic acids is 1. The summed E-state index contributed by atoms with van der Waals surface area (Å²) in [7, 11) is 1.47. The van der Waals surface area contributed by atoms with Gasteiger partial charge in [-0.2, -0.15) is 0 Å². The Bertz CT molecular complexity index is 550. The van der Waals surface area contributed by atoms with Crippen molar-refractivity contribution in [2.45, 2.75) is 43.7 Å². The molecule has 2 aliphatic heterocycles. The predicted molar refractivity (Wildman–Crippen MR) is 96.1 cm³/mol. The number of hydrogen-bond donors (Lipinski definition) is 0. The molecule has 0 saturated carbocycles. The summed E-state index contributed by atoms with van der Waals surface area (Å²) in [5, 5.41) is 0. The molecule has 0 radical (unpaired) electrons. The van der Waals surface area contributed by atoms with Gasteiger partial charge in [0, 0.05) is 28.1 Å². The van der Waals surface area contributed by atoms with Crippen molar-refractivity contribution in [3.05, 3.63) is 33.4 Å². The lowest BCUT2D eigenvalue weighted by Crippen LogP contribution is -2.51. The van der Waals surface area contributed by atoms with Gasteiger partial charge in [-0.25, -0.2) is 0 Å². The van der Waals surface area contributed by atoms with Crippen LogP contribution in [-0.2, 0) is 9.53 Å². The predicted octanol–water partition coefficient (Wildman–Crippen LogP) is 3.76. The SMILES string of the molecule is COC(=O)[C@H]1[C@@H](c2ccc([125I])cc2)C[C@@H]2CC[C@H]1N2CCCF. The van der Waals surface area contributed by atoms with Crippen LogP contribution in [0.2, 0.25) is 0 Å².